The van der Waals surface area contributed by atoms with Crippen molar-refractivity contribution in [1.29, 1.82) is 0 Å². The van der Waals surface area contributed by atoms with E-state index in [1.807, 2.05) is 13.0 Å². The minimum Gasteiger partial charge on any atom is -0.457 e. The molecule has 1 heterocycles. The summed E-state index contributed by atoms with van der Waals surface area (Å²) in [4.78, 5) is 35.9. The molecule has 0 bridgehead atoms. The van der Waals surface area contributed by atoms with Crippen molar-refractivity contribution in [2.75, 3.05) is 0 Å². The predicted molar refractivity (Wildman–Crippen MR) is 153 cm³/mol. The van der Waals surface area contributed by atoms with E-state index < -0.39 is 72.5 Å². The number of ether oxygens (including phenoxy) is 2. The lowest BCUT2D eigenvalue weighted by atomic mass is 9.85. The minimum absolute atomic E-state index is 0.0117. The fourth-order valence-corrected chi connectivity index (χ4v) is 4.97. The zero-order valence-corrected chi connectivity index (χ0v) is 25.2. The van der Waals surface area contributed by atoms with Gasteiger partial charge >= 0.3 is 11.9 Å². The van der Waals surface area contributed by atoms with Crippen molar-refractivity contribution in [3.63, 3.8) is 0 Å². The van der Waals surface area contributed by atoms with Gasteiger partial charge in [0.25, 0.3) is 0 Å². The third kappa shape index (κ3) is 12.1. The molecule has 0 radical (unpaired) electrons. The standard InChI is InChI=1S/C30H49NO10/c1-17(13-23(34)14-20(4)28(37)21(5)32)9-8-10-18(2)29-19(3)11-12-26(40-22(6)33)30(7,38)25(31-39)15-24(35)16-27(36)41-29/h8-12,17,19-21,23-26,28-29,32,34-35,37-38H,13-16H2,1-7H3/b9-8+,12-11+,18-10+. The maximum atomic E-state index is 12.7. The lowest BCUT2D eigenvalue weighted by Crippen LogP contribution is -2.51. The molecule has 0 saturated heterocycles. The van der Waals surface area contributed by atoms with E-state index in [-0.39, 0.29) is 18.3 Å². The number of hydrogen-bond acceptors (Lipinski definition) is 11. The highest BCUT2D eigenvalue weighted by atomic mass is 16.6. The predicted octanol–water partition coefficient (Wildman–Crippen LogP) is 2.72. The average Bonchev–Trinajstić information content (AvgIpc) is 2.86. The van der Waals surface area contributed by atoms with Crippen molar-refractivity contribution in [2.45, 2.75) is 122 Å². The number of rotatable bonds is 11. The van der Waals surface area contributed by atoms with Gasteiger partial charge in [0.1, 0.15) is 17.7 Å². The monoisotopic (exact) mass is 583 g/mol. The van der Waals surface area contributed by atoms with Gasteiger partial charge in [0.05, 0.1) is 30.8 Å². The first-order chi connectivity index (χ1) is 19.0. The number of cyclic esters (lactones) is 1. The number of carbonyl (C=O) groups is 2. The second-order valence-corrected chi connectivity index (χ2v) is 11.7. The Hall–Kier alpha value is -2.44. The number of nitrogens with zero attached hydrogens (tertiary/aromatic N) is 1. The molecule has 0 saturated carbocycles. The molecule has 0 aromatic heterocycles. The Morgan fingerprint density at radius 3 is 2.39 bits per heavy atom. The molecule has 0 spiro atoms. The molecule has 1 aliphatic rings. The normalized spacial score (nSPS) is 32.9. The maximum Gasteiger partial charge on any atom is 0.309 e. The fourth-order valence-electron chi connectivity index (χ4n) is 4.97. The van der Waals surface area contributed by atoms with Crippen molar-refractivity contribution in [2.24, 2.45) is 22.9 Å². The van der Waals surface area contributed by atoms with E-state index >= 15 is 0 Å². The van der Waals surface area contributed by atoms with Crippen molar-refractivity contribution < 1.29 is 44.6 Å². The molecule has 0 amide bonds. The molecule has 11 atom stereocenters. The Balaban J connectivity index is 3.13. The number of aliphatic hydroxyl groups excluding tert-OH is 4. The molecular weight excluding hydrogens is 534 g/mol. The largest absolute Gasteiger partial charge is 0.457 e. The van der Waals surface area contributed by atoms with Crippen LogP contribution < -0.4 is 0 Å². The molecule has 11 nitrogen and oxygen atoms in total. The fraction of sp³-hybridized carbons (Fsp3) is 0.733. The summed E-state index contributed by atoms with van der Waals surface area (Å²) in [6, 6.07) is -1.36. The van der Waals surface area contributed by atoms with Crippen LogP contribution in [-0.4, -0.2) is 85.7 Å². The molecule has 11 unspecified atom stereocenters. The zero-order valence-electron chi connectivity index (χ0n) is 25.2. The van der Waals surface area contributed by atoms with E-state index in [1.165, 1.54) is 26.8 Å². The van der Waals surface area contributed by atoms with Crippen LogP contribution in [-0.2, 0) is 19.1 Å². The van der Waals surface area contributed by atoms with Crippen LogP contribution in [0.4, 0.5) is 0 Å². The van der Waals surface area contributed by atoms with Crippen LogP contribution in [0.15, 0.2) is 41.1 Å². The molecular formula is C30H49NO10. The van der Waals surface area contributed by atoms with Crippen LogP contribution in [0.2, 0.25) is 0 Å². The molecule has 5 N–H and O–H groups in total. The Labute approximate surface area is 242 Å². The summed E-state index contributed by atoms with van der Waals surface area (Å²) >= 11 is 0. The Morgan fingerprint density at radius 2 is 1.83 bits per heavy atom. The Bertz CT molecular complexity index is 944. The number of allylic oxidation sites excluding steroid dienone is 3. The third-order valence-corrected chi connectivity index (χ3v) is 7.51. The molecule has 41 heavy (non-hydrogen) atoms. The van der Waals surface area contributed by atoms with Gasteiger partial charge in [-0.2, -0.15) is 4.91 Å². The SMILES string of the molecule is CC(=O)OC1/C=C/C(C)C(/C(C)=C/C=C/C(C)CC(O)CC(C)C(O)C(C)O)OC(=O)CC(O)CC(N=O)C1(C)O. The molecule has 0 fully saturated rings. The second kappa shape index (κ2) is 16.9. The van der Waals surface area contributed by atoms with Crippen molar-refractivity contribution in [1.82, 2.24) is 0 Å². The number of nitroso groups, excluding NO2 is 1. The first-order valence-corrected chi connectivity index (χ1v) is 14.2. The summed E-state index contributed by atoms with van der Waals surface area (Å²) < 4.78 is 11.0. The van der Waals surface area contributed by atoms with E-state index in [1.54, 1.807) is 39.0 Å². The van der Waals surface area contributed by atoms with Crippen LogP contribution in [0.1, 0.15) is 74.1 Å². The van der Waals surface area contributed by atoms with Crippen molar-refractivity contribution >= 4 is 11.9 Å². The Kier molecular flexibility index (Phi) is 15.0. The maximum absolute atomic E-state index is 12.7. The summed E-state index contributed by atoms with van der Waals surface area (Å²) in [5.41, 5.74) is -1.26. The Morgan fingerprint density at radius 1 is 1.20 bits per heavy atom. The van der Waals surface area contributed by atoms with Crippen LogP contribution >= 0.6 is 0 Å². The summed E-state index contributed by atoms with van der Waals surface area (Å²) in [7, 11) is 0. The number of esters is 2. The van der Waals surface area contributed by atoms with Gasteiger partial charge < -0.3 is 35.0 Å². The van der Waals surface area contributed by atoms with Gasteiger partial charge in [-0.25, -0.2) is 0 Å². The van der Waals surface area contributed by atoms with Gasteiger partial charge in [-0.1, -0.05) is 50.3 Å². The van der Waals surface area contributed by atoms with Gasteiger partial charge in [0.15, 0.2) is 6.10 Å². The summed E-state index contributed by atoms with van der Waals surface area (Å²) in [5, 5.41) is 54.4. The minimum atomic E-state index is -1.94. The molecule has 11 heteroatoms. The zero-order chi connectivity index (χ0) is 31.5. The topological polar surface area (TPSA) is 183 Å². The number of carbonyl (C=O) groups excluding carboxylic acids is 2. The van der Waals surface area contributed by atoms with Gasteiger partial charge in [0, 0.05) is 19.3 Å². The van der Waals surface area contributed by atoms with Gasteiger partial charge in [-0.15, -0.1) is 0 Å². The summed E-state index contributed by atoms with van der Waals surface area (Å²) in [6.07, 6.45) is 2.79. The molecule has 1 rings (SSSR count). The van der Waals surface area contributed by atoms with Crippen LogP contribution in [0.25, 0.3) is 0 Å². The van der Waals surface area contributed by atoms with Gasteiger partial charge in [-0.05, 0) is 57.1 Å². The van der Waals surface area contributed by atoms with E-state index in [0.717, 1.165) is 0 Å². The van der Waals surface area contributed by atoms with Crippen molar-refractivity contribution in [3.05, 3.63) is 40.9 Å². The van der Waals surface area contributed by atoms with E-state index in [9.17, 15) is 40.0 Å². The summed E-state index contributed by atoms with van der Waals surface area (Å²) in [6.45, 7) is 11.2. The lowest BCUT2D eigenvalue weighted by Gasteiger charge is -2.35. The highest BCUT2D eigenvalue weighted by Gasteiger charge is 2.43. The highest BCUT2D eigenvalue weighted by molar-refractivity contribution is 5.70. The first-order valence-electron chi connectivity index (χ1n) is 14.2. The second-order valence-electron chi connectivity index (χ2n) is 11.7. The van der Waals surface area contributed by atoms with Gasteiger partial charge in [-0.3, -0.25) is 9.59 Å². The molecule has 0 aromatic carbocycles. The van der Waals surface area contributed by atoms with Crippen LogP contribution in [0.5, 0.6) is 0 Å². The summed E-state index contributed by atoms with van der Waals surface area (Å²) in [5.74, 6) is -2.09. The number of aliphatic hydroxyl groups is 5. The van der Waals surface area contributed by atoms with E-state index in [4.69, 9.17) is 9.47 Å². The first kappa shape index (κ1) is 36.6. The van der Waals surface area contributed by atoms with E-state index in [0.29, 0.717) is 18.4 Å². The third-order valence-electron chi connectivity index (χ3n) is 7.51. The average molecular weight is 584 g/mol. The molecule has 0 aliphatic carbocycles. The van der Waals surface area contributed by atoms with Gasteiger partial charge in [0.2, 0.25) is 0 Å². The quantitative estimate of drug-likeness (QED) is 0.105. The smallest absolute Gasteiger partial charge is 0.309 e. The van der Waals surface area contributed by atoms with Crippen LogP contribution in [0.3, 0.4) is 0 Å². The molecule has 0 aromatic rings. The number of hydrogen-bond donors (Lipinski definition) is 5. The molecule has 1 aliphatic heterocycles. The van der Waals surface area contributed by atoms with Crippen molar-refractivity contribution in [3.8, 4) is 0 Å². The van der Waals surface area contributed by atoms with Crippen LogP contribution in [0, 0.1) is 22.7 Å². The molecule has 234 valence electrons. The highest BCUT2D eigenvalue weighted by Crippen LogP contribution is 2.29. The lowest BCUT2D eigenvalue weighted by molar-refractivity contribution is -0.158. The van der Waals surface area contributed by atoms with E-state index in [2.05, 4.69) is 5.18 Å².